The summed E-state index contributed by atoms with van der Waals surface area (Å²) in [6, 6.07) is 25.5. The van der Waals surface area contributed by atoms with Crippen molar-refractivity contribution in [1.29, 1.82) is 0 Å². The van der Waals surface area contributed by atoms with Gasteiger partial charge in [-0.25, -0.2) is 0 Å². The van der Waals surface area contributed by atoms with Crippen molar-refractivity contribution in [2.24, 2.45) is 11.7 Å². The fraction of sp³-hybridized carbons (Fsp3) is 0.412. The Bertz CT molecular complexity index is 1200. The summed E-state index contributed by atoms with van der Waals surface area (Å²) in [6.07, 6.45) is 6.51. The number of benzene rings is 3. The maximum atomic E-state index is 9.54. The van der Waals surface area contributed by atoms with Gasteiger partial charge in [-0.3, -0.25) is 4.90 Å². The SMILES string of the molecule is C=CCN(CC1OC(c2ccc(-c3ccccc3CN)cc2)OC(c2ccc(CO)cc2)C1C)C1CCCC1. The third kappa shape index (κ3) is 6.34. The van der Waals surface area contributed by atoms with Crippen molar-refractivity contribution in [2.75, 3.05) is 13.1 Å². The van der Waals surface area contributed by atoms with Crippen LogP contribution in [0.2, 0.25) is 0 Å². The molecular formula is C34H42N2O3. The molecule has 2 fully saturated rings. The van der Waals surface area contributed by atoms with E-state index in [1.165, 1.54) is 25.7 Å². The first-order valence-electron chi connectivity index (χ1n) is 14.3. The van der Waals surface area contributed by atoms with E-state index in [0.29, 0.717) is 12.6 Å². The highest BCUT2D eigenvalue weighted by Crippen LogP contribution is 2.42. The summed E-state index contributed by atoms with van der Waals surface area (Å²) in [4.78, 5) is 2.56. The molecule has 1 aliphatic carbocycles. The molecule has 206 valence electrons. The van der Waals surface area contributed by atoms with E-state index in [2.05, 4.69) is 66.9 Å². The Kier molecular flexibility index (Phi) is 9.28. The minimum absolute atomic E-state index is 0.00413. The number of aliphatic hydroxyl groups excluding tert-OH is 1. The van der Waals surface area contributed by atoms with Gasteiger partial charge in [0.2, 0.25) is 0 Å². The van der Waals surface area contributed by atoms with Crippen molar-refractivity contribution in [3.05, 3.63) is 108 Å². The van der Waals surface area contributed by atoms with E-state index < -0.39 is 6.29 Å². The van der Waals surface area contributed by atoms with E-state index in [1.807, 2.05) is 30.3 Å². The lowest BCUT2D eigenvalue weighted by molar-refractivity contribution is -0.276. The summed E-state index contributed by atoms with van der Waals surface area (Å²) < 4.78 is 13.4. The lowest BCUT2D eigenvalue weighted by atomic mass is 9.89. The van der Waals surface area contributed by atoms with Gasteiger partial charge in [0.1, 0.15) is 0 Å². The number of hydrogen-bond acceptors (Lipinski definition) is 5. The number of nitrogens with two attached hydrogens (primary N) is 1. The molecule has 1 saturated carbocycles. The highest BCUT2D eigenvalue weighted by Gasteiger charge is 2.40. The topological polar surface area (TPSA) is 68.0 Å². The van der Waals surface area contributed by atoms with E-state index in [-0.39, 0.29) is 24.7 Å². The van der Waals surface area contributed by atoms with Crippen LogP contribution in [0, 0.1) is 5.92 Å². The van der Waals surface area contributed by atoms with Gasteiger partial charge >= 0.3 is 0 Å². The Balaban J connectivity index is 1.42. The van der Waals surface area contributed by atoms with Gasteiger partial charge in [-0.05, 0) is 40.7 Å². The zero-order chi connectivity index (χ0) is 27.2. The molecule has 5 heteroatoms. The van der Waals surface area contributed by atoms with Gasteiger partial charge in [0, 0.05) is 37.2 Å². The van der Waals surface area contributed by atoms with Crippen molar-refractivity contribution in [3.63, 3.8) is 0 Å². The van der Waals surface area contributed by atoms with Gasteiger partial charge in [0.25, 0.3) is 0 Å². The largest absolute Gasteiger partial charge is 0.392 e. The van der Waals surface area contributed by atoms with E-state index in [0.717, 1.165) is 46.5 Å². The molecule has 3 N–H and O–H groups in total. The van der Waals surface area contributed by atoms with Gasteiger partial charge in [0.05, 0.1) is 18.8 Å². The fourth-order valence-corrected chi connectivity index (χ4v) is 6.17. The molecule has 0 amide bonds. The molecule has 2 aliphatic rings. The Hall–Kier alpha value is -2.80. The lowest BCUT2D eigenvalue weighted by Crippen LogP contribution is -2.47. The number of nitrogens with zero attached hydrogens (tertiary/aromatic N) is 1. The maximum absolute atomic E-state index is 9.54. The second-order valence-corrected chi connectivity index (χ2v) is 11.0. The van der Waals surface area contributed by atoms with Crippen molar-refractivity contribution in [2.45, 2.75) is 70.3 Å². The van der Waals surface area contributed by atoms with Crippen molar-refractivity contribution in [3.8, 4) is 11.1 Å². The smallest absolute Gasteiger partial charge is 0.184 e. The standard InChI is InChI=1S/C34H42N2O3/c1-3-20-36(30-9-5-6-10-30)22-32-24(2)33(27-14-12-25(23-37)13-15-27)39-34(38-32)28-18-16-26(17-19-28)31-11-7-4-8-29(31)21-35/h3-4,7-8,11-19,24,30,32-34,37H,1,5-6,9-10,20-23,35H2,2H3. The quantitative estimate of drug-likeness (QED) is 0.294. The minimum atomic E-state index is -0.471. The van der Waals surface area contributed by atoms with Crippen LogP contribution in [0.5, 0.6) is 0 Å². The second-order valence-electron chi connectivity index (χ2n) is 11.0. The predicted octanol–water partition coefficient (Wildman–Crippen LogP) is 6.53. The van der Waals surface area contributed by atoms with Crippen molar-refractivity contribution >= 4 is 0 Å². The van der Waals surface area contributed by atoms with Crippen LogP contribution in [0.4, 0.5) is 0 Å². The van der Waals surface area contributed by atoms with Crippen molar-refractivity contribution < 1.29 is 14.6 Å². The van der Waals surface area contributed by atoms with Gasteiger partial charge in [-0.2, -0.15) is 0 Å². The molecule has 1 heterocycles. The van der Waals surface area contributed by atoms with Crippen LogP contribution in [0.1, 0.15) is 67.3 Å². The molecule has 0 aromatic heterocycles. The summed E-state index contributed by atoms with van der Waals surface area (Å²) in [5.41, 5.74) is 12.4. The molecule has 0 radical (unpaired) electrons. The van der Waals surface area contributed by atoms with Crippen LogP contribution >= 0.6 is 0 Å². The van der Waals surface area contributed by atoms with E-state index >= 15 is 0 Å². The molecule has 0 bridgehead atoms. The third-order valence-electron chi connectivity index (χ3n) is 8.47. The van der Waals surface area contributed by atoms with Gasteiger partial charge in [-0.1, -0.05) is 98.6 Å². The molecule has 4 atom stereocenters. The molecule has 5 rings (SSSR count). The average Bonchev–Trinajstić information content (AvgIpc) is 3.53. The van der Waals surface area contributed by atoms with E-state index in [9.17, 15) is 5.11 Å². The van der Waals surface area contributed by atoms with E-state index in [4.69, 9.17) is 15.2 Å². The monoisotopic (exact) mass is 526 g/mol. The molecule has 5 nitrogen and oxygen atoms in total. The van der Waals surface area contributed by atoms with Crippen molar-refractivity contribution in [1.82, 2.24) is 4.90 Å². The van der Waals surface area contributed by atoms with E-state index in [1.54, 1.807) is 0 Å². The Morgan fingerprint density at radius 3 is 2.31 bits per heavy atom. The molecule has 0 spiro atoms. The number of rotatable bonds is 10. The highest BCUT2D eigenvalue weighted by molar-refractivity contribution is 5.67. The molecule has 3 aromatic rings. The first kappa shape index (κ1) is 27.8. The molecule has 1 saturated heterocycles. The zero-order valence-corrected chi connectivity index (χ0v) is 23.0. The Morgan fingerprint density at radius 1 is 0.949 bits per heavy atom. The first-order chi connectivity index (χ1) is 19.1. The zero-order valence-electron chi connectivity index (χ0n) is 23.0. The van der Waals surface area contributed by atoms with Crippen LogP contribution in [0.3, 0.4) is 0 Å². The fourth-order valence-electron chi connectivity index (χ4n) is 6.17. The average molecular weight is 527 g/mol. The van der Waals surface area contributed by atoms with Gasteiger partial charge in [-0.15, -0.1) is 6.58 Å². The number of hydrogen-bond donors (Lipinski definition) is 2. The van der Waals surface area contributed by atoms with Crippen LogP contribution in [-0.2, 0) is 22.6 Å². The third-order valence-corrected chi connectivity index (χ3v) is 8.47. The van der Waals surface area contributed by atoms with Crippen LogP contribution in [-0.4, -0.2) is 35.2 Å². The molecule has 39 heavy (non-hydrogen) atoms. The maximum Gasteiger partial charge on any atom is 0.184 e. The number of aliphatic hydroxyl groups is 1. The first-order valence-corrected chi connectivity index (χ1v) is 14.3. The summed E-state index contributed by atoms with van der Waals surface area (Å²) in [7, 11) is 0. The molecular weight excluding hydrogens is 484 g/mol. The lowest BCUT2D eigenvalue weighted by Gasteiger charge is -2.43. The van der Waals surface area contributed by atoms with Crippen LogP contribution < -0.4 is 5.73 Å². The van der Waals surface area contributed by atoms with Crippen LogP contribution in [0.15, 0.2) is 85.5 Å². The summed E-state index contributed by atoms with van der Waals surface area (Å²) in [5, 5.41) is 9.54. The highest BCUT2D eigenvalue weighted by atomic mass is 16.7. The normalized spacial score (nSPS) is 23.8. The Morgan fingerprint density at radius 2 is 1.64 bits per heavy atom. The summed E-state index contributed by atoms with van der Waals surface area (Å²) in [6.45, 7) is 8.53. The summed E-state index contributed by atoms with van der Waals surface area (Å²) >= 11 is 0. The van der Waals surface area contributed by atoms with Gasteiger partial charge in [0.15, 0.2) is 6.29 Å². The molecule has 4 unspecified atom stereocenters. The molecule has 1 aliphatic heterocycles. The van der Waals surface area contributed by atoms with Crippen LogP contribution in [0.25, 0.3) is 11.1 Å². The summed E-state index contributed by atoms with van der Waals surface area (Å²) in [5.74, 6) is 0.158. The Labute approximate surface area is 233 Å². The predicted molar refractivity (Wildman–Crippen MR) is 157 cm³/mol. The molecule has 3 aromatic carbocycles. The minimum Gasteiger partial charge on any atom is -0.392 e. The second kappa shape index (κ2) is 13.0. The van der Waals surface area contributed by atoms with Gasteiger partial charge < -0.3 is 20.3 Å². The number of ether oxygens (including phenoxy) is 2.